The minimum Gasteiger partial charge on any atom is -0.494 e. The van der Waals surface area contributed by atoms with E-state index in [0.717, 1.165) is 24.1 Å². The van der Waals surface area contributed by atoms with Gasteiger partial charge in [0.2, 0.25) is 5.89 Å². The number of carbonyl (C=O) groups is 1. The van der Waals surface area contributed by atoms with Crippen LogP contribution in [0.5, 0.6) is 5.75 Å². The summed E-state index contributed by atoms with van der Waals surface area (Å²) in [6, 6.07) is 11.1. The van der Waals surface area contributed by atoms with E-state index < -0.39 is 0 Å². The van der Waals surface area contributed by atoms with Crippen LogP contribution in [0.2, 0.25) is 0 Å². The van der Waals surface area contributed by atoms with Crippen LogP contribution in [0.1, 0.15) is 47.3 Å². The van der Waals surface area contributed by atoms with Crippen molar-refractivity contribution < 1.29 is 13.9 Å². The van der Waals surface area contributed by atoms with Gasteiger partial charge in [0.1, 0.15) is 5.75 Å². The predicted molar refractivity (Wildman–Crippen MR) is 101 cm³/mol. The molecule has 0 aliphatic heterocycles. The SMILES string of the molecule is CCCCCOc1cccc(C(=O)Nc2nnc(Cc3cccs3)o2)c1. The number of hydrogen-bond donors (Lipinski definition) is 1. The largest absolute Gasteiger partial charge is 0.494 e. The van der Waals surface area contributed by atoms with E-state index in [1.54, 1.807) is 29.5 Å². The third-order valence-corrected chi connectivity index (χ3v) is 4.58. The maximum atomic E-state index is 12.4. The van der Waals surface area contributed by atoms with Gasteiger partial charge in [-0.1, -0.05) is 37.0 Å². The topological polar surface area (TPSA) is 77.2 Å². The van der Waals surface area contributed by atoms with Crippen LogP contribution in [0.4, 0.5) is 6.01 Å². The third-order valence-electron chi connectivity index (χ3n) is 3.71. The predicted octanol–water partition coefficient (Wildman–Crippen LogP) is 4.54. The zero-order valence-corrected chi connectivity index (χ0v) is 15.4. The van der Waals surface area contributed by atoms with Crippen molar-refractivity contribution in [2.24, 2.45) is 0 Å². The summed E-state index contributed by atoms with van der Waals surface area (Å²) in [6.07, 6.45) is 3.83. The van der Waals surface area contributed by atoms with Gasteiger partial charge < -0.3 is 9.15 Å². The van der Waals surface area contributed by atoms with Gasteiger partial charge in [-0.15, -0.1) is 16.4 Å². The molecule has 0 bridgehead atoms. The van der Waals surface area contributed by atoms with Gasteiger partial charge in [0, 0.05) is 10.4 Å². The van der Waals surface area contributed by atoms with Gasteiger partial charge in [0.05, 0.1) is 13.0 Å². The molecule has 0 radical (unpaired) electrons. The minimum atomic E-state index is -0.310. The van der Waals surface area contributed by atoms with Crippen LogP contribution in [0.15, 0.2) is 46.2 Å². The molecule has 0 spiro atoms. The summed E-state index contributed by atoms with van der Waals surface area (Å²) in [4.78, 5) is 13.5. The molecule has 26 heavy (non-hydrogen) atoms. The van der Waals surface area contributed by atoms with Gasteiger partial charge in [-0.2, -0.15) is 0 Å². The highest BCUT2D eigenvalue weighted by molar-refractivity contribution is 7.09. The van der Waals surface area contributed by atoms with Crippen LogP contribution in [-0.4, -0.2) is 22.7 Å². The molecule has 1 amide bonds. The number of nitrogens with zero attached hydrogens (tertiary/aromatic N) is 2. The highest BCUT2D eigenvalue weighted by Crippen LogP contribution is 2.18. The molecule has 0 saturated heterocycles. The lowest BCUT2D eigenvalue weighted by atomic mass is 10.2. The van der Waals surface area contributed by atoms with Crippen molar-refractivity contribution >= 4 is 23.3 Å². The molecule has 136 valence electrons. The van der Waals surface area contributed by atoms with Crippen LogP contribution in [0.3, 0.4) is 0 Å². The molecule has 1 N–H and O–H groups in total. The van der Waals surface area contributed by atoms with Crippen LogP contribution in [-0.2, 0) is 6.42 Å². The van der Waals surface area contributed by atoms with Gasteiger partial charge in [-0.3, -0.25) is 10.1 Å². The standard InChI is InChI=1S/C19H21N3O3S/c1-2-3-4-10-24-15-8-5-7-14(12-15)18(23)20-19-22-21-17(25-19)13-16-9-6-11-26-16/h5-9,11-12H,2-4,10,13H2,1H3,(H,20,22,23). The van der Waals surface area contributed by atoms with Crippen molar-refractivity contribution in [2.45, 2.75) is 32.6 Å². The third kappa shape index (κ3) is 5.16. The smallest absolute Gasteiger partial charge is 0.322 e. The first-order chi connectivity index (χ1) is 12.7. The fourth-order valence-electron chi connectivity index (χ4n) is 2.38. The number of ether oxygens (including phenoxy) is 1. The Bertz CT molecular complexity index is 830. The summed E-state index contributed by atoms with van der Waals surface area (Å²) < 4.78 is 11.2. The summed E-state index contributed by atoms with van der Waals surface area (Å²) >= 11 is 1.62. The Morgan fingerprint density at radius 2 is 2.15 bits per heavy atom. The first-order valence-electron chi connectivity index (χ1n) is 8.63. The monoisotopic (exact) mass is 371 g/mol. The fourth-order valence-corrected chi connectivity index (χ4v) is 3.07. The van der Waals surface area contributed by atoms with Crippen molar-refractivity contribution in [3.63, 3.8) is 0 Å². The van der Waals surface area contributed by atoms with E-state index in [9.17, 15) is 4.79 Å². The number of rotatable bonds is 9. The number of hydrogen-bond acceptors (Lipinski definition) is 6. The molecule has 0 saturated carbocycles. The van der Waals surface area contributed by atoms with Gasteiger partial charge in [-0.05, 0) is 36.1 Å². The number of anilines is 1. The van der Waals surface area contributed by atoms with Crippen molar-refractivity contribution in [1.29, 1.82) is 0 Å². The highest BCUT2D eigenvalue weighted by atomic mass is 32.1. The zero-order chi connectivity index (χ0) is 18.2. The zero-order valence-electron chi connectivity index (χ0n) is 14.6. The summed E-state index contributed by atoms with van der Waals surface area (Å²) in [7, 11) is 0. The second-order valence-corrected chi connectivity index (χ2v) is 6.83. The van der Waals surface area contributed by atoms with Crippen molar-refractivity contribution in [2.75, 3.05) is 11.9 Å². The number of benzene rings is 1. The summed E-state index contributed by atoms with van der Waals surface area (Å²) in [5.41, 5.74) is 0.482. The Balaban J connectivity index is 1.57. The van der Waals surface area contributed by atoms with Crippen LogP contribution in [0.25, 0.3) is 0 Å². The molecule has 0 fully saturated rings. The molecule has 2 heterocycles. The van der Waals surface area contributed by atoms with Crippen molar-refractivity contribution in [3.8, 4) is 5.75 Å². The van der Waals surface area contributed by atoms with Crippen LogP contribution >= 0.6 is 11.3 Å². The summed E-state index contributed by atoms with van der Waals surface area (Å²) in [5.74, 6) is 0.837. The Morgan fingerprint density at radius 1 is 1.23 bits per heavy atom. The first-order valence-corrected chi connectivity index (χ1v) is 9.51. The molecule has 0 aliphatic carbocycles. The minimum absolute atomic E-state index is 0.0934. The van der Waals surface area contributed by atoms with E-state index in [1.807, 2.05) is 23.6 Å². The van der Waals surface area contributed by atoms with Gasteiger partial charge in [0.25, 0.3) is 5.91 Å². The lowest BCUT2D eigenvalue weighted by Gasteiger charge is -2.07. The van der Waals surface area contributed by atoms with Crippen LogP contribution in [0, 0.1) is 0 Å². The van der Waals surface area contributed by atoms with Crippen molar-refractivity contribution in [3.05, 3.63) is 58.1 Å². The Morgan fingerprint density at radius 3 is 2.96 bits per heavy atom. The number of thiophene rings is 1. The molecule has 2 aromatic heterocycles. The van der Waals surface area contributed by atoms with Gasteiger partial charge >= 0.3 is 6.01 Å². The van der Waals surface area contributed by atoms with E-state index in [-0.39, 0.29) is 11.9 Å². The number of aromatic nitrogens is 2. The lowest BCUT2D eigenvalue weighted by Crippen LogP contribution is -2.12. The van der Waals surface area contributed by atoms with Crippen LogP contribution < -0.4 is 10.1 Å². The summed E-state index contributed by atoms with van der Waals surface area (Å²) in [6.45, 7) is 2.79. The maximum Gasteiger partial charge on any atom is 0.322 e. The van der Waals surface area contributed by atoms with E-state index >= 15 is 0 Å². The molecule has 0 unspecified atom stereocenters. The lowest BCUT2D eigenvalue weighted by molar-refractivity contribution is 0.102. The van der Waals surface area contributed by atoms with E-state index in [2.05, 4.69) is 22.4 Å². The molecule has 1 aromatic carbocycles. The number of amides is 1. The molecule has 0 aliphatic rings. The quantitative estimate of drug-likeness (QED) is 0.559. The molecule has 6 nitrogen and oxygen atoms in total. The van der Waals surface area contributed by atoms with Gasteiger partial charge in [-0.25, -0.2) is 0 Å². The van der Waals surface area contributed by atoms with Crippen molar-refractivity contribution in [1.82, 2.24) is 10.2 Å². The Kier molecular flexibility index (Phi) is 6.38. The molecule has 0 atom stereocenters. The Hall–Kier alpha value is -2.67. The fraction of sp³-hybridized carbons (Fsp3) is 0.316. The first kappa shape index (κ1) is 18.1. The van der Waals surface area contributed by atoms with Gasteiger partial charge in [0.15, 0.2) is 0 Å². The maximum absolute atomic E-state index is 12.4. The highest BCUT2D eigenvalue weighted by Gasteiger charge is 2.13. The molecule has 7 heteroatoms. The van der Waals surface area contributed by atoms with E-state index in [4.69, 9.17) is 9.15 Å². The molecular formula is C19H21N3O3S. The number of carbonyl (C=O) groups excluding carboxylic acids is 1. The average Bonchev–Trinajstić information content (AvgIpc) is 3.32. The molecule has 3 rings (SSSR count). The molecular weight excluding hydrogens is 350 g/mol. The second kappa shape index (κ2) is 9.15. The Labute approximate surface area is 156 Å². The van der Waals surface area contributed by atoms with E-state index in [1.165, 1.54) is 0 Å². The molecule has 3 aromatic rings. The van der Waals surface area contributed by atoms with E-state index in [0.29, 0.717) is 30.2 Å². The average molecular weight is 371 g/mol. The number of nitrogens with one attached hydrogen (secondary N) is 1. The summed E-state index contributed by atoms with van der Waals surface area (Å²) in [5, 5.41) is 12.5. The normalized spacial score (nSPS) is 10.7. The second-order valence-electron chi connectivity index (χ2n) is 5.79. The number of unbranched alkanes of at least 4 members (excludes halogenated alkanes) is 2.